The van der Waals surface area contributed by atoms with Gasteiger partial charge < -0.3 is 4.74 Å². The summed E-state index contributed by atoms with van der Waals surface area (Å²) in [6.45, 7) is 1.99. The fourth-order valence-corrected chi connectivity index (χ4v) is 2.42. The third kappa shape index (κ3) is 2.12. The maximum atomic E-state index is 13.1. The summed E-state index contributed by atoms with van der Waals surface area (Å²) in [6.07, 6.45) is -0.0342. The molecule has 1 atom stereocenters. The first-order chi connectivity index (χ1) is 9.15. The molecule has 96 valence electrons. The average Bonchev–Trinajstić information content (AvgIpc) is 2.40. The van der Waals surface area contributed by atoms with E-state index in [-0.39, 0.29) is 18.3 Å². The number of ketones is 1. The summed E-state index contributed by atoms with van der Waals surface area (Å²) < 4.78 is 19.0. The van der Waals surface area contributed by atoms with Crippen molar-refractivity contribution in [3.8, 4) is 5.75 Å². The van der Waals surface area contributed by atoms with Crippen molar-refractivity contribution in [1.82, 2.24) is 0 Å². The third-order valence-electron chi connectivity index (χ3n) is 3.42. The van der Waals surface area contributed by atoms with Crippen LogP contribution in [0, 0.1) is 12.7 Å². The Morgan fingerprint density at radius 2 is 2.00 bits per heavy atom. The highest BCUT2D eigenvalue weighted by Crippen LogP contribution is 2.36. The largest absolute Gasteiger partial charge is 0.484 e. The van der Waals surface area contributed by atoms with Gasteiger partial charge >= 0.3 is 0 Å². The minimum absolute atomic E-state index is 0.0750. The summed E-state index contributed by atoms with van der Waals surface area (Å²) in [4.78, 5) is 12.1. The van der Waals surface area contributed by atoms with Gasteiger partial charge in [0, 0.05) is 0 Å². The van der Waals surface area contributed by atoms with Crippen molar-refractivity contribution in [1.29, 1.82) is 0 Å². The van der Waals surface area contributed by atoms with Crippen molar-refractivity contribution in [2.45, 2.75) is 19.4 Å². The molecule has 2 nitrogen and oxygen atoms in total. The van der Waals surface area contributed by atoms with Crippen molar-refractivity contribution in [3.05, 3.63) is 65.0 Å². The average molecular weight is 256 g/mol. The van der Waals surface area contributed by atoms with E-state index in [4.69, 9.17) is 4.74 Å². The lowest BCUT2D eigenvalue weighted by atomic mass is 9.94. The molecule has 1 heterocycles. The van der Waals surface area contributed by atoms with Crippen LogP contribution >= 0.6 is 0 Å². The van der Waals surface area contributed by atoms with Crippen LogP contribution in [0.3, 0.4) is 0 Å². The Hall–Kier alpha value is -2.16. The maximum absolute atomic E-state index is 13.1. The molecule has 0 saturated carbocycles. The Morgan fingerprint density at radius 3 is 2.79 bits per heavy atom. The van der Waals surface area contributed by atoms with E-state index in [0.717, 1.165) is 11.1 Å². The molecule has 1 aliphatic heterocycles. The molecule has 0 N–H and O–H groups in total. The first-order valence-corrected chi connectivity index (χ1v) is 6.20. The minimum Gasteiger partial charge on any atom is -0.484 e. The van der Waals surface area contributed by atoms with E-state index < -0.39 is 5.82 Å². The van der Waals surface area contributed by atoms with E-state index >= 15 is 0 Å². The molecule has 0 saturated heterocycles. The maximum Gasteiger partial charge on any atom is 0.170 e. The number of carbonyl (C=O) groups is 1. The summed E-state index contributed by atoms with van der Waals surface area (Å²) in [5, 5.41) is 0. The molecule has 0 amide bonds. The fourth-order valence-electron chi connectivity index (χ4n) is 2.42. The second-order valence-corrected chi connectivity index (χ2v) is 4.73. The number of halogens is 1. The Kier molecular flexibility index (Phi) is 2.82. The molecule has 0 fully saturated rings. The molecule has 0 aliphatic carbocycles. The molecule has 0 radical (unpaired) electrons. The summed E-state index contributed by atoms with van der Waals surface area (Å²) in [5.41, 5.74) is 2.43. The van der Waals surface area contributed by atoms with Gasteiger partial charge in [0.15, 0.2) is 5.78 Å². The molecule has 19 heavy (non-hydrogen) atoms. The Morgan fingerprint density at radius 1 is 1.21 bits per heavy atom. The number of fused-ring (bicyclic) bond motifs is 1. The lowest BCUT2D eigenvalue weighted by Crippen LogP contribution is -2.21. The van der Waals surface area contributed by atoms with Gasteiger partial charge in [0.1, 0.15) is 17.7 Å². The van der Waals surface area contributed by atoms with Crippen molar-refractivity contribution in [2.75, 3.05) is 0 Å². The first-order valence-electron chi connectivity index (χ1n) is 6.20. The Balaban J connectivity index is 2.00. The SMILES string of the molecule is Cc1ccccc1C1CC(=O)c2cc(F)ccc2O1. The van der Waals surface area contributed by atoms with Gasteiger partial charge in [-0.1, -0.05) is 24.3 Å². The third-order valence-corrected chi connectivity index (χ3v) is 3.42. The van der Waals surface area contributed by atoms with Crippen molar-refractivity contribution in [3.63, 3.8) is 0 Å². The number of rotatable bonds is 1. The van der Waals surface area contributed by atoms with Gasteiger partial charge in [-0.2, -0.15) is 0 Å². The number of hydrogen-bond donors (Lipinski definition) is 0. The highest BCUT2D eigenvalue weighted by molar-refractivity contribution is 6.00. The lowest BCUT2D eigenvalue weighted by Gasteiger charge is -2.26. The predicted octanol–water partition coefficient (Wildman–Crippen LogP) is 3.84. The fraction of sp³-hybridized carbons (Fsp3) is 0.188. The molecular formula is C16H13FO2. The topological polar surface area (TPSA) is 26.3 Å². The molecule has 1 aliphatic rings. The highest BCUT2D eigenvalue weighted by Gasteiger charge is 2.28. The molecular weight excluding hydrogens is 243 g/mol. The van der Waals surface area contributed by atoms with Gasteiger partial charge in [0.05, 0.1) is 12.0 Å². The summed E-state index contributed by atoms with van der Waals surface area (Å²) >= 11 is 0. The van der Waals surface area contributed by atoms with Gasteiger partial charge in [-0.3, -0.25) is 4.79 Å². The summed E-state index contributed by atoms with van der Waals surface area (Å²) in [5.74, 6) is -0.0232. The van der Waals surface area contributed by atoms with Crippen LogP contribution in [-0.4, -0.2) is 5.78 Å². The smallest absolute Gasteiger partial charge is 0.170 e. The zero-order valence-corrected chi connectivity index (χ0v) is 10.5. The van der Waals surface area contributed by atoms with E-state index in [0.29, 0.717) is 11.3 Å². The van der Waals surface area contributed by atoms with E-state index in [1.165, 1.54) is 18.2 Å². The highest BCUT2D eigenvalue weighted by atomic mass is 19.1. The second-order valence-electron chi connectivity index (χ2n) is 4.73. The van der Waals surface area contributed by atoms with Gasteiger partial charge in [0.2, 0.25) is 0 Å². The zero-order valence-electron chi connectivity index (χ0n) is 10.5. The second kappa shape index (κ2) is 4.50. The van der Waals surface area contributed by atoms with Crippen LogP contribution in [0.2, 0.25) is 0 Å². The van der Waals surface area contributed by atoms with E-state index in [2.05, 4.69) is 0 Å². The number of carbonyl (C=O) groups excluding carboxylic acids is 1. The van der Waals surface area contributed by atoms with Crippen LogP contribution in [-0.2, 0) is 0 Å². The van der Waals surface area contributed by atoms with E-state index in [9.17, 15) is 9.18 Å². The van der Waals surface area contributed by atoms with Gasteiger partial charge in [-0.15, -0.1) is 0 Å². The van der Waals surface area contributed by atoms with Crippen molar-refractivity contribution >= 4 is 5.78 Å². The van der Waals surface area contributed by atoms with E-state index in [1.54, 1.807) is 0 Å². The van der Waals surface area contributed by atoms with Crippen LogP contribution in [0.5, 0.6) is 5.75 Å². The van der Waals surface area contributed by atoms with Gasteiger partial charge in [0.25, 0.3) is 0 Å². The standard InChI is InChI=1S/C16H13FO2/c1-10-4-2-3-5-12(10)16-9-14(18)13-8-11(17)6-7-15(13)19-16/h2-8,16H,9H2,1H3. The van der Waals surface area contributed by atoms with Gasteiger partial charge in [-0.05, 0) is 36.2 Å². The quantitative estimate of drug-likeness (QED) is 0.774. The lowest BCUT2D eigenvalue weighted by molar-refractivity contribution is 0.0848. The predicted molar refractivity (Wildman–Crippen MR) is 69.9 cm³/mol. The molecule has 3 heteroatoms. The van der Waals surface area contributed by atoms with Crippen LogP contribution in [0.1, 0.15) is 34.0 Å². The zero-order chi connectivity index (χ0) is 13.4. The van der Waals surface area contributed by atoms with Crippen LogP contribution in [0.4, 0.5) is 4.39 Å². The summed E-state index contributed by atoms with van der Waals surface area (Å²) in [7, 11) is 0. The monoisotopic (exact) mass is 256 g/mol. The molecule has 1 unspecified atom stereocenters. The number of Topliss-reactive ketones (excluding diaryl/α,β-unsaturated/α-hetero) is 1. The molecule has 0 spiro atoms. The molecule has 0 aromatic heterocycles. The molecule has 2 aromatic rings. The van der Waals surface area contributed by atoms with Crippen LogP contribution < -0.4 is 4.74 Å². The molecule has 2 aromatic carbocycles. The Bertz CT molecular complexity index is 649. The van der Waals surface area contributed by atoms with Crippen LogP contribution in [0.15, 0.2) is 42.5 Å². The van der Waals surface area contributed by atoms with Crippen molar-refractivity contribution in [2.24, 2.45) is 0 Å². The number of hydrogen-bond acceptors (Lipinski definition) is 2. The number of benzene rings is 2. The molecule has 0 bridgehead atoms. The Labute approximate surface area is 110 Å². The van der Waals surface area contributed by atoms with Gasteiger partial charge in [-0.25, -0.2) is 4.39 Å². The normalized spacial score (nSPS) is 17.8. The number of ether oxygens (including phenoxy) is 1. The summed E-state index contributed by atoms with van der Waals surface area (Å²) in [6, 6.07) is 11.9. The van der Waals surface area contributed by atoms with E-state index in [1.807, 2.05) is 31.2 Å². The van der Waals surface area contributed by atoms with Crippen molar-refractivity contribution < 1.29 is 13.9 Å². The first kappa shape index (κ1) is 11.9. The number of aryl methyl sites for hydroxylation is 1. The molecule has 3 rings (SSSR count). The van der Waals surface area contributed by atoms with Crippen LogP contribution in [0.25, 0.3) is 0 Å². The minimum atomic E-state index is -0.412.